The van der Waals surface area contributed by atoms with E-state index in [0.29, 0.717) is 5.75 Å². The van der Waals surface area contributed by atoms with Crippen LogP contribution in [0.1, 0.15) is 12.5 Å². The van der Waals surface area contributed by atoms with Crippen LogP contribution < -0.4 is 10.2 Å². The number of sulfone groups is 1. The van der Waals surface area contributed by atoms with Crippen molar-refractivity contribution in [1.29, 1.82) is 0 Å². The summed E-state index contributed by atoms with van der Waals surface area (Å²) in [5.41, 5.74) is 2.15. The Morgan fingerprint density at radius 3 is 2.90 bits per heavy atom. The molecule has 0 aliphatic carbocycles. The Labute approximate surface area is 139 Å². The monoisotopic (exact) mass is 392 g/mol. The molecule has 1 aromatic carbocycles. The van der Waals surface area contributed by atoms with E-state index in [1.165, 1.54) is 6.26 Å². The van der Waals surface area contributed by atoms with Gasteiger partial charge in [0.2, 0.25) is 0 Å². The molecule has 1 fully saturated rings. The zero-order chi connectivity index (χ0) is 15.5. The van der Waals surface area contributed by atoms with Gasteiger partial charge in [-0.1, -0.05) is 28.9 Å². The lowest BCUT2D eigenvalue weighted by molar-refractivity contribution is 0.584. The Balaban J connectivity index is 2.39. The molecular weight excluding hydrogens is 372 g/mol. The number of nitrogens with zero attached hydrogens (tertiary/aromatic N) is 1. The number of thioether (sulfide) groups is 1. The first-order chi connectivity index (χ1) is 9.93. The van der Waals surface area contributed by atoms with E-state index in [0.717, 1.165) is 41.1 Å². The number of rotatable bonds is 5. The highest BCUT2D eigenvalue weighted by atomic mass is 79.9. The average molecular weight is 393 g/mol. The van der Waals surface area contributed by atoms with Gasteiger partial charge in [0, 0.05) is 41.0 Å². The first-order valence-electron chi connectivity index (χ1n) is 6.96. The zero-order valence-corrected chi connectivity index (χ0v) is 15.5. The minimum absolute atomic E-state index is 0.439. The number of anilines is 1. The summed E-state index contributed by atoms with van der Waals surface area (Å²) in [5, 5.41) is 2.88. The minimum Gasteiger partial charge on any atom is -0.353 e. The van der Waals surface area contributed by atoms with Crippen molar-refractivity contribution in [2.75, 3.05) is 35.8 Å². The van der Waals surface area contributed by atoms with E-state index in [2.05, 4.69) is 34.2 Å². The maximum absolute atomic E-state index is 12.1. The van der Waals surface area contributed by atoms with Crippen molar-refractivity contribution in [3.8, 4) is 0 Å². The van der Waals surface area contributed by atoms with E-state index in [1.807, 2.05) is 17.0 Å². The average Bonchev–Trinajstić information content (AvgIpc) is 2.45. The molecule has 7 heteroatoms. The maximum Gasteiger partial charge on any atom is 0.169 e. The van der Waals surface area contributed by atoms with Gasteiger partial charge in [0.25, 0.3) is 0 Å². The fourth-order valence-corrected chi connectivity index (χ4v) is 5.61. The summed E-state index contributed by atoms with van der Waals surface area (Å²) >= 11 is 5.21. The summed E-state index contributed by atoms with van der Waals surface area (Å²) in [6.07, 6.45) is 1.33. The van der Waals surface area contributed by atoms with Crippen molar-refractivity contribution in [1.82, 2.24) is 5.32 Å². The highest BCUT2D eigenvalue weighted by molar-refractivity contribution is 9.10. The van der Waals surface area contributed by atoms with Gasteiger partial charge in [-0.25, -0.2) is 8.42 Å². The molecule has 2 rings (SSSR count). The van der Waals surface area contributed by atoms with E-state index in [4.69, 9.17) is 0 Å². The van der Waals surface area contributed by atoms with Gasteiger partial charge in [0.1, 0.15) is 5.37 Å². The lowest BCUT2D eigenvalue weighted by atomic mass is 10.1. The van der Waals surface area contributed by atoms with Crippen LogP contribution in [0.4, 0.5) is 5.69 Å². The van der Waals surface area contributed by atoms with Crippen LogP contribution in [0.5, 0.6) is 0 Å². The van der Waals surface area contributed by atoms with Gasteiger partial charge in [0.05, 0.1) is 0 Å². The van der Waals surface area contributed by atoms with Crippen molar-refractivity contribution in [3.63, 3.8) is 0 Å². The number of hydrogen-bond donors (Lipinski definition) is 1. The van der Waals surface area contributed by atoms with Gasteiger partial charge in [-0.2, -0.15) is 11.8 Å². The fraction of sp³-hybridized carbons (Fsp3) is 0.571. The zero-order valence-electron chi connectivity index (χ0n) is 12.3. The summed E-state index contributed by atoms with van der Waals surface area (Å²) in [6, 6.07) is 6.09. The fourth-order valence-electron chi connectivity index (χ4n) is 2.42. The molecule has 1 aliphatic heterocycles. The van der Waals surface area contributed by atoms with Crippen molar-refractivity contribution < 1.29 is 8.42 Å². The number of hydrogen-bond acceptors (Lipinski definition) is 5. The normalized spacial score (nSPS) is 19.8. The second kappa shape index (κ2) is 7.35. The maximum atomic E-state index is 12.1. The molecule has 0 saturated carbocycles. The Morgan fingerprint density at radius 2 is 2.24 bits per heavy atom. The minimum atomic E-state index is -3.10. The Hall–Kier alpha value is -0.240. The SMILES string of the molecule is CCNCc1ccc(Br)cc1N1CCSCC1S(C)(=O)=O. The second-order valence-corrected chi connectivity index (χ2v) is 9.37. The van der Waals surface area contributed by atoms with E-state index >= 15 is 0 Å². The third-order valence-corrected chi connectivity index (χ3v) is 6.64. The molecule has 0 aromatic heterocycles. The molecule has 1 aliphatic rings. The molecule has 1 N–H and O–H groups in total. The molecule has 1 saturated heterocycles. The molecule has 4 nitrogen and oxygen atoms in total. The summed E-state index contributed by atoms with van der Waals surface area (Å²) in [5.74, 6) is 1.59. The van der Waals surface area contributed by atoms with Gasteiger partial charge in [-0.3, -0.25) is 0 Å². The number of nitrogens with one attached hydrogen (secondary N) is 1. The topological polar surface area (TPSA) is 49.4 Å². The third-order valence-electron chi connectivity index (χ3n) is 3.50. The van der Waals surface area contributed by atoms with Gasteiger partial charge < -0.3 is 10.2 Å². The van der Waals surface area contributed by atoms with E-state index < -0.39 is 15.2 Å². The van der Waals surface area contributed by atoms with Crippen LogP contribution in [0, 0.1) is 0 Å². The molecular formula is C14H21BrN2O2S2. The summed E-state index contributed by atoms with van der Waals surface area (Å²) < 4.78 is 25.2. The second-order valence-electron chi connectivity index (χ2n) is 5.11. The lowest BCUT2D eigenvalue weighted by Gasteiger charge is -2.37. The van der Waals surface area contributed by atoms with Crippen molar-refractivity contribution in [2.45, 2.75) is 18.8 Å². The standard InChI is InChI=1S/C14H21BrN2O2S2/c1-3-16-9-11-4-5-12(15)8-13(11)17-6-7-20-10-14(17)21(2,18)19/h4-5,8,14,16H,3,6-7,9-10H2,1-2H3. The largest absolute Gasteiger partial charge is 0.353 e. The molecule has 1 heterocycles. The quantitative estimate of drug-likeness (QED) is 0.833. The molecule has 1 aromatic rings. The Kier molecular flexibility index (Phi) is 5.99. The first kappa shape index (κ1) is 17.1. The molecule has 1 atom stereocenters. The van der Waals surface area contributed by atoms with Crippen LogP contribution in [-0.4, -0.2) is 44.6 Å². The molecule has 0 spiro atoms. The van der Waals surface area contributed by atoms with Gasteiger partial charge in [-0.15, -0.1) is 0 Å². The molecule has 1 unspecified atom stereocenters. The lowest BCUT2D eigenvalue weighted by Crippen LogP contribution is -2.47. The van der Waals surface area contributed by atoms with Crippen LogP contribution in [0.15, 0.2) is 22.7 Å². The van der Waals surface area contributed by atoms with Crippen LogP contribution >= 0.6 is 27.7 Å². The van der Waals surface area contributed by atoms with Crippen LogP contribution in [0.3, 0.4) is 0 Å². The van der Waals surface area contributed by atoms with Gasteiger partial charge in [0.15, 0.2) is 9.84 Å². The van der Waals surface area contributed by atoms with E-state index in [-0.39, 0.29) is 0 Å². The Morgan fingerprint density at radius 1 is 1.48 bits per heavy atom. The van der Waals surface area contributed by atoms with E-state index in [1.54, 1.807) is 11.8 Å². The predicted molar refractivity (Wildman–Crippen MR) is 94.8 cm³/mol. The molecule has 0 amide bonds. The molecule has 21 heavy (non-hydrogen) atoms. The van der Waals surface area contributed by atoms with Crippen LogP contribution in [0.25, 0.3) is 0 Å². The molecule has 0 bridgehead atoms. The summed E-state index contributed by atoms with van der Waals surface area (Å²) in [7, 11) is -3.10. The summed E-state index contributed by atoms with van der Waals surface area (Å²) in [4.78, 5) is 2.04. The first-order valence-corrected chi connectivity index (χ1v) is 10.9. The summed E-state index contributed by atoms with van der Waals surface area (Å²) in [6.45, 7) is 4.47. The highest BCUT2D eigenvalue weighted by Gasteiger charge is 2.32. The van der Waals surface area contributed by atoms with Crippen molar-refractivity contribution >= 4 is 43.2 Å². The number of halogens is 1. The van der Waals surface area contributed by atoms with Crippen LogP contribution in [0.2, 0.25) is 0 Å². The van der Waals surface area contributed by atoms with Gasteiger partial charge in [-0.05, 0) is 24.2 Å². The smallest absolute Gasteiger partial charge is 0.169 e. The highest BCUT2D eigenvalue weighted by Crippen LogP contribution is 2.31. The van der Waals surface area contributed by atoms with E-state index in [9.17, 15) is 8.42 Å². The number of benzene rings is 1. The molecule has 0 radical (unpaired) electrons. The third kappa shape index (κ3) is 4.37. The predicted octanol–water partition coefficient (Wildman–Crippen LogP) is 2.48. The molecule has 118 valence electrons. The van der Waals surface area contributed by atoms with Gasteiger partial charge >= 0.3 is 0 Å². The van der Waals surface area contributed by atoms with Crippen molar-refractivity contribution in [3.05, 3.63) is 28.2 Å². The van der Waals surface area contributed by atoms with Crippen molar-refractivity contribution in [2.24, 2.45) is 0 Å². The van der Waals surface area contributed by atoms with Crippen LogP contribution in [-0.2, 0) is 16.4 Å². The Bertz CT molecular complexity index is 593.